The Hall–Kier alpha value is -2.87. The van der Waals surface area contributed by atoms with Crippen molar-refractivity contribution in [2.45, 2.75) is 6.92 Å². The number of nitriles is 1. The summed E-state index contributed by atoms with van der Waals surface area (Å²) in [7, 11) is 0. The average Bonchev–Trinajstić information content (AvgIpc) is 2.74. The van der Waals surface area contributed by atoms with Gasteiger partial charge in [-0.15, -0.1) is 0 Å². The van der Waals surface area contributed by atoms with E-state index in [1.54, 1.807) is 43.4 Å². The number of carbonyl (C=O) groups is 2. The van der Waals surface area contributed by atoms with Crippen LogP contribution in [0.25, 0.3) is 0 Å². The van der Waals surface area contributed by atoms with Gasteiger partial charge < -0.3 is 9.47 Å². The third-order valence-corrected chi connectivity index (χ3v) is 2.34. The lowest BCUT2D eigenvalue weighted by atomic mass is 10.1. The van der Waals surface area contributed by atoms with Crippen molar-refractivity contribution in [3.05, 3.63) is 59.8 Å². The van der Waals surface area contributed by atoms with Gasteiger partial charge in [0.15, 0.2) is 0 Å². The molecule has 1 aliphatic carbocycles. The molecular weight excluding hydrogens is 270 g/mol. The Balaban J connectivity index is 2.64. The van der Waals surface area contributed by atoms with Crippen LogP contribution in [0.2, 0.25) is 0 Å². The number of hydrogen-bond donors (Lipinski definition) is 0. The van der Waals surface area contributed by atoms with Gasteiger partial charge in [-0.2, -0.15) is 5.26 Å². The maximum absolute atomic E-state index is 11.8. The summed E-state index contributed by atoms with van der Waals surface area (Å²) in [6.07, 6.45) is 12.8. The molecule has 0 aromatic heterocycles. The number of nitrogens with zero attached hydrogens (tertiary/aromatic N) is 1. The summed E-state index contributed by atoms with van der Waals surface area (Å²) < 4.78 is 9.59. The Morgan fingerprint density at radius 3 is 2.43 bits per heavy atom. The maximum atomic E-state index is 11.8. The molecular formula is C16H15NO4. The quantitative estimate of drug-likeness (QED) is 0.439. The van der Waals surface area contributed by atoms with Gasteiger partial charge in [0.05, 0.1) is 6.61 Å². The van der Waals surface area contributed by atoms with Crippen LogP contribution in [0.15, 0.2) is 59.8 Å². The molecule has 0 saturated carbocycles. The summed E-state index contributed by atoms with van der Waals surface area (Å²) in [6, 6.07) is 1.83. The summed E-state index contributed by atoms with van der Waals surface area (Å²) >= 11 is 0. The molecule has 1 aliphatic rings. The molecule has 0 spiro atoms. The van der Waals surface area contributed by atoms with Crippen molar-refractivity contribution in [2.24, 2.45) is 0 Å². The molecule has 0 aromatic carbocycles. The van der Waals surface area contributed by atoms with Crippen molar-refractivity contribution >= 4 is 11.9 Å². The lowest BCUT2D eigenvalue weighted by Crippen LogP contribution is -2.09. The Labute approximate surface area is 123 Å². The van der Waals surface area contributed by atoms with Crippen LogP contribution in [-0.4, -0.2) is 25.2 Å². The van der Waals surface area contributed by atoms with Crippen molar-refractivity contribution in [1.82, 2.24) is 0 Å². The Morgan fingerprint density at radius 1 is 1.19 bits per heavy atom. The Bertz CT molecular complexity index is 568. The second kappa shape index (κ2) is 9.10. The third-order valence-electron chi connectivity index (χ3n) is 2.34. The van der Waals surface area contributed by atoms with E-state index in [9.17, 15) is 9.59 Å². The highest BCUT2D eigenvalue weighted by atomic mass is 16.5. The first kappa shape index (κ1) is 16.2. The van der Waals surface area contributed by atoms with E-state index in [0.717, 1.165) is 0 Å². The molecule has 0 unspecified atom stereocenters. The molecule has 21 heavy (non-hydrogen) atoms. The van der Waals surface area contributed by atoms with E-state index in [1.807, 2.05) is 6.07 Å². The first-order valence-corrected chi connectivity index (χ1v) is 6.35. The lowest BCUT2D eigenvalue weighted by Gasteiger charge is -2.02. The number of allylic oxidation sites excluding steroid dienone is 7. The zero-order valence-corrected chi connectivity index (χ0v) is 11.6. The predicted octanol–water partition coefficient (Wildman–Crippen LogP) is 2.15. The number of rotatable bonds is 5. The Morgan fingerprint density at radius 2 is 1.86 bits per heavy atom. The van der Waals surface area contributed by atoms with Crippen LogP contribution in [0, 0.1) is 11.3 Å². The van der Waals surface area contributed by atoms with Gasteiger partial charge in [0.25, 0.3) is 0 Å². The number of hydrogen-bond acceptors (Lipinski definition) is 5. The average molecular weight is 285 g/mol. The predicted molar refractivity (Wildman–Crippen MR) is 76.8 cm³/mol. The van der Waals surface area contributed by atoms with Crippen LogP contribution >= 0.6 is 0 Å². The molecule has 0 N–H and O–H groups in total. The van der Waals surface area contributed by atoms with Gasteiger partial charge in [-0.05, 0) is 18.6 Å². The molecule has 0 saturated heterocycles. The zero-order chi connectivity index (χ0) is 15.5. The molecule has 0 radical (unpaired) electrons. The SMILES string of the molecule is CCOC(=O)/C=C/COC(=O)C(C#N)=C1C=CC=CC=C1. The van der Waals surface area contributed by atoms with Crippen LogP contribution in [0.3, 0.4) is 0 Å². The minimum atomic E-state index is -0.739. The first-order chi connectivity index (χ1) is 10.2. The van der Waals surface area contributed by atoms with E-state index < -0.39 is 11.9 Å². The topological polar surface area (TPSA) is 76.4 Å². The Kier molecular flexibility index (Phi) is 7.01. The van der Waals surface area contributed by atoms with Gasteiger partial charge in [-0.1, -0.05) is 36.5 Å². The van der Waals surface area contributed by atoms with Crippen LogP contribution < -0.4 is 0 Å². The highest BCUT2D eigenvalue weighted by Gasteiger charge is 2.13. The second-order valence-electron chi connectivity index (χ2n) is 3.80. The molecule has 0 atom stereocenters. The minimum Gasteiger partial charge on any atom is -0.463 e. The summed E-state index contributed by atoms with van der Waals surface area (Å²) in [6.45, 7) is 1.86. The zero-order valence-electron chi connectivity index (χ0n) is 11.6. The molecule has 0 bridgehead atoms. The van der Waals surface area contributed by atoms with E-state index in [-0.39, 0.29) is 18.8 Å². The largest absolute Gasteiger partial charge is 0.463 e. The highest BCUT2D eigenvalue weighted by molar-refractivity contribution is 5.95. The van der Waals surface area contributed by atoms with Crippen molar-refractivity contribution in [1.29, 1.82) is 5.26 Å². The smallest absolute Gasteiger partial charge is 0.349 e. The van der Waals surface area contributed by atoms with Gasteiger partial charge in [-0.3, -0.25) is 0 Å². The van der Waals surface area contributed by atoms with E-state index in [0.29, 0.717) is 5.57 Å². The molecule has 108 valence electrons. The first-order valence-electron chi connectivity index (χ1n) is 6.35. The van der Waals surface area contributed by atoms with Crippen molar-refractivity contribution in [2.75, 3.05) is 13.2 Å². The van der Waals surface area contributed by atoms with Crippen LogP contribution in [-0.2, 0) is 19.1 Å². The van der Waals surface area contributed by atoms with Crippen molar-refractivity contribution in [3.63, 3.8) is 0 Å². The minimum absolute atomic E-state index is 0.0873. The van der Waals surface area contributed by atoms with Gasteiger partial charge in [0.1, 0.15) is 18.2 Å². The van der Waals surface area contributed by atoms with Crippen molar-refractivity contribution in [3.8, 4) is 6.07 Å². The fraction of sp³-hybridized carbons (Fsp3) is 0.188. The molecule has 0 aromatic rings. The highest BCUT2D eigenvalue weighted by Crippen LogP contribution is 2.12. The maximum Gasteiger partial charge on any atom is 0.349 e. The molecule has 5 heteroatoms. The third kappa shape index (κ3) is 5.74. The fourth-order valence-electron chi connectivity index (χ4n) is 1.43. The molecule has 0 fully saturated rings. The van der Waals surface area contributed by atoms with Gasteiger partial charge in [0, 0.05) is 6.08 Å². The van der Waals surface area contributed by atoms with Gasteiger partial charge >= 0.3 is 11.9 Å². The van der Waals surface area contributed by atoms with Crippen LogP contribution in [0.1, 0.15) is 6.92 Å². The molecule has 0 heterocycles. The summed E-state index contributed by atoms with van der Waals surface area (Å²) in [4.78, 5) is 22.8. The lowest BCUT2D eigenvalue weighted by molar-refractivity contribution is -0.139. The van der Waals surface area contributed by atoms with Crippen molar-refractivity contribution < 1.29 is 19.1 Å². The number of ether oxygens (including phenoxy) is 2. The van der Waals surface area contributed by atoms with E-state index in [4.69, 9.17) is 10.00 Å². The number of carbonyl (C=O) groups excluding carboxylic acids is 2. The standard InChI is InChI=1S/C16H15NO4/c1-2-20-15(18)10-7-11-21-16(19)14(12-17)13-8-5-3-4-6-9-13/h3-10H,2,11H2,1H3/b10-7+. The van der Waals surface area contributed by atoms with Crippen LogP contribution in [0.4, 0.5) is 0 Å². The molecule has 5 nitrogen and oxygen atoms in total. The number of esters is 2. The van der Waals surface area contributed by atoms with E-state index in [2.05, 4.69) is 4.74 Å². The van der Waals surface area contributed by atoms with E-state index in [1.165, 1.54) is 12.2 Å². The van der Waals surface area contributed by atoms with E-state index >= 15 is 0 Å². The monoisotopic (exact) mass is 285 g/mol. The van der Waals surface area contributed by atoms with Gasteiger partial charge in [0.2, 0.25) is 0 Å². The second-order valence-corrected chi connectivity index (χ2v) is 3.80. The summed E-state index contributed by atoms with van der Waals surface area (Å²) in [5.74, 6) is -1.25. The van der Waals surface area contributed by atoms with Gasteiger partial charge in [-0.25, -0.2) is 9.59 Å². The fourth-order valence-corrected chi connectivity index (χ4v) is 1.43. The summed E-state index contributed by atoms with van der Waals surface area (Å²) in [5, 5.41) is 9.07. The molecule has 0 amide bonds. The normalized spacial score (nSPS) is 12.9. The molecule has 1 rings (SSSR count). The summed E-state index contributed by atoms with van der Waals surface area (Å²) in [5.41, 5.74) is 0.387. The van der Waals surface area contributed by atoms with Crippen LogP contribution in [0.5, 0.6) is 0 Å². The molecule has 0 aliphatic heterocycles.